The molecule has 0 saturated heterocycles. The van der Waals surface area contributed by atoms with Gasteiger partial charge in [0.15, 0.2) is 5.69 Å². The molecular weight excluding hydrogens is 266 g/mol. The van der Waals surface area contributed by atoms with E-state index in [0.29, 0.717) is 5.01 Å². The Morgan fingerprint density at radius 2 is 2.24 bits per heavy atom. The van der Waals surface area contributed by atoms with Crippen LogP contribution in [-0.4, -0.2) is 30.5 Å². The maximum atomic E-state index is 11.4. The number of thiazole rings is 1. The second-order valence-electron chi connectivity index (χ2n) is 3.53. The fraction of sp³-hybridized carbons (Fsp3) is 0.500. The van der Waals surface area contributed by atoms with Crippen molar-refractivity contribution in [1.29, 1.82) is 0 Å². The van der Waals surface area contributed by atoms with E-state index in [0.717, 1.165) is 11.3 Å². The van der Waals surface area contributed by atoms with E-state index >= 15 is 0 Å². The molecule has 0 aromatic carbocycles. The van der Waals surface area contributed by atoms with E-state index < -0.39 is 16.2 Å². The van der Waals surface area contributed by atoms with Crippen LogP contribution in [0.2, 0.25) is 0 Å². The molecule has 0 bridgehead atoms. The first-order valence-corrected chi connectivity index (χ1v) is 7.11. The number of nitrogens with one attached hydrogen (secondary N) is 2. The number of hydrogen-bond acceptors (Lipinski definition) is 5. The van der Waals surface area contributed by atoms with Crippen molar-refractivity contribution in [3.8, 4) is 0 Å². The number of aromatic carboxylic acids is 1. The summed E-state index contributed by atoms with van der Waals surface area (Å²) >= 11 is 1.09. The minimum atomic E-state index is -3.57. The van der Waals surface area contributed by atoms with Crippen LogP contribution in [0.3, 0.4) is 0 Å². The van der Waals surface area contributed by atoms with Crippen molar-refractivity contribution in [2.24, 2.45) is 0 Å². The van der Waals surface area contributed by atoms with Crippen molar-refractivity contribution in [2.45, 2.75) is 26.4 Å². The number of aromatic nitrogens is 1. The first-order valence-electron chi connectivity index (χ1n) is 4.75. The van der Waals surface area contributed by atoms with Gasteiger partial charge in [-0.05, 0) is 13.8 Å². The highest BCUT2D eigenvalue weighted by molar-refractivity contribution is 7.87. The average Bonchev–Trinajstić information content (AvgIpc) is 2.61. The highest BCUT2D eigenvalue weighted by atomic mass is 32.2. The van der Waals surface area contributed by atoms with Gasteiger partial charge in [0.05, 0.1) is 6.54 Å². The first-order chi connectivity index (χ1) is 7.80. The largest absolute Gasteiger partial charge is 0.476 e. The predicted molar refractivity (Wildman–Crippen MR) is 63.1 cm³/mol. The fourth-order valence-electron chi connectivity index (χ4n) is 0.999. The van der Waals surface area contributed by atoms with Gasteiger partial charge < -0.3 is 5.11 Å². The van der Waals surface area contributed by atoms with Crippen LogP contribution in [0.15, 0.2) is 5.38 Å². The summed E-state index contributed by atoms with van der Waals surface area (Å²) in [5.41, 5.74) is -0.0824. The Balaban J connectivity index is 2.58. The van der Waals surface area contributed by atoms with E-state index in [1.54, 1.807) is 13.8 Å². The van der Waals surface area contributed by atoms with E-state index in [2.05, 4.69) is 14.4 Å². The van der Waals surface area contributed by atoms with Crippen LogP contribution < -0.4 is 9.44 Å². The van der Waals surface area contributed by atoms with Gasteiger partial charge in [-0.3, -0.25) is 0 Å². The molecule has 1 aromatic heterocycles. The second-order valence-corrected chi connectivity index (χ2v) is 6.00. The van der Waals surface area contributed by atoms with Gasteiger partial charge >= 0.3 is 5.97 Å². The molecule has 9 heteroatoms. The van der Waals surface area contributed by atoms with Crippen LogP contribution in [0.1, 0.15) is 29.3 Å². The van der Waals surface area contributed by atoms with Crippen LogP contribution in [-0.2, 0) is 16.8 Å². The summed E-state index contributed by atoms with van der Waals surface area (Å²) in [6.07, 6.45) is 0. The van der Waals surface area contributed by atoms with E-state index in [4.69, 9.17) is 5.11 Å². The molecule has 7 nitrogen and oxygen atoms in total. The zero-order valence-corrected chi connectivity index (χ0v) is 10.9. The molecule has 0 amide bonds. The summed E-state index contributed by atoms with van der Waals surface area (Å²) in [6, 6.07) is -0.210. The Bertz CT molecular complexity index is 495. The molecule has 0 unspecified atom stereocenters. The topological polar surface area (TPSA) is 108 Å². The van der Waals surface area contributed by atoms with Gasteiger partial charge in [0, 0.05) is 11.4 Å². The molecule has 0 radical (unpaired) electrons. The van der Waals surface area contributed by atoms with Crippen molar-refractivity contribution in [3.63, 3.8) is 0 Å². The van der Waals surface area contributed by atoms with E-state index in [9.17, 15) is 13.2 Å². The average molecular weight is 279 g/mol. The van der Waals surface area contributed by atoms with Crippen molar-refractivity contribution < 1.29 is 18.3 Å². The molecule has 0 spiro atoms. The number of carboxylic acid groups (broad SMARTS) is 1. The summed E-state index contributed by atoms with van der Waals surface area (Å²) < 4.78 is 27.4. The molecule has 0 aliphatic heterocycles. The van der Waals surface area contributed by atoms with Gasteiger partial charge in [0.2, 0.25) is 0 Å². The van der Waals surface area contributed by atoms with Crippen molar-refractivity contribution in [1.82, 2.24) is 14.4 Å². The van der Waals surface area contributed by atoms with Crippen molar-refractivity contribution in [2.75, 3.05) is 0 Å². The number of carboxylic acids is 1. The smallest absolute Gasteiger partial charge is 0.355 e. The zero-order chi connectivity index (χ0) is 13.1. The summed E-state index contributed by atoms with van der Waals surface area (Å²) in [6.45, 7) is 3.37. The minimum Gasteiger partial charge on any atom is -0.476 e. The van der Waals surface area contributed by atoms with Crippen LogP contribution in [0.25, 0.3) is 0 Å². The molecule has 96 valence electrons. The normalized spacial score (nSPS) is 11.9. The van der Waals surface area contributed by atoms with Crippen molar-refractivity contribution in [3.05, 3.63) is 16.1 Å². The van der Waals surface area contributed by atoms with E-state index in [-0.39, 0.29) is 18.3 Å². The Morgan fingerprint density at radius 1 is 1.59 bits per heavy atom. The Labute approximate surface area is 103 Å². The summed E-state index contributed by atoms with van der Waals surface area (Å²) in [4.78, 5) is 14.3. The lowest BCUT2D eigenvalue weighted by Gasteiger charge is -2.09. The third kappa shape index (κ3) is 4.77. The Hall–Kier alpha value is -1.03. The van der Waals surface area contributed by atoms with Gasteiger partial charge in [0.25, 0.3) is 10.2 Å². The van der Waals surface area contributed by atoms with Gasteiger partial charge in [-0.2, -0.15) is 17.9 Å². The minimum absolute atomic E-state index is 0.0278. The molecule has 1 rings (SSSR count). The Kier molecular flexibility index (Phi) is 4.57. The maximum Gasteiger partial charge on any atom is 0.355 e. The Morgan fingerprint density at radius 3 is 2.71 bits per heavy atom. The molecule has 0 aliphatic carbocycles. The van der Waals surface area contributed by atoms with Gasteiger partial charge in [-0.15, -0.1) is 11.3 Å². The second kappa shape index (κ2) is 5.54. The molecule has 0 aliphatic rings. The number of hydrogen-bond donors (Lipinski definition) is 3. The molecule has 0 saturated carbocycles. The quantitative estimate of drug-likeness (QED) is 0.688. The molecule has 17 heavy (non-hydrogen) atoms. The third-order valence-corrected chi connectivity index (χ3v) is 3.73. The maximum absolute atomic E-state index is 11.4. The fourth-order valence-corrected chi connectivity index (χ4v) is 2.83. The van der Waals surface area contributed by atoms with Crippen LogP contribution in [0.4, 0.5) is 0 Å². The predicted octanol–water partition coefficient (Wildman–Crippen LogP) is 0.174. The number of carbonyl (C=O) groups is 1. The molecule has 0 atom stereocenters. The summed E-state index contributed by atoms with van der Waals surface area (Å²) in [7, 11) is -3.57. The van der Waals surface area contributed by atoms with E-state index in [1.165, 1.54) is 5.38 Å². The molecular formula is C8H13N3O4S2. The number of rotatable bonds is 6. The van der Waals surface area contributed by atoms with Gasteiger partial charge in [-0.25, -0.2) is 9.78 Å². The van der Waals surface area contributed by atoms with Gasteiger partial charge in [0.1, 0.15) is 5.01 Å². The highest BCUT2D eigenvalue weighted by Crippen LogP contribution is 2.09. The SMILES string of the molecule is CC(C)NS(=O)(=O)NCc1nc(C(=O)O)cs1. The van der Waals surface area contributed by atoms with Crippen LogP contribution in [0, 0.1) is 0 Å². The molecule has 1 aromatic rings. The zero-order valence-electron chi connectivity index (χ0n) is 9.30. The monoisotopic (exact) mass is 279 g/mol. The lowest BCUT2D eigenvalue weighted by Crippen LogP contribution is -2.39. The standard InChI is InChI=1S/C8H13N3O4S2/c1-5(2)11-17(14,15)9-3-7-10-6(4-16-7)8(12)13/h4-5,9,11H,3H2,1-2H3,(H,12,13). The molecule has 3 N–H and O–H groups in total. The molecule has 0 fully saturated rings. The number of nitrogens with zero attached hydrogens (tertiary/aromatic N) is 1. The van der Waals surface area contributed by atoms with E-state index in [1.807, 2.05) is 0 Å². The van der Waals surface area contributed by atoms with Crippen molar-refractivity contribution >= 4 is 27.5 Å². The lowest BCUT2D eigenvalue weighted by atomic mass is 10.4. The summed E-state index contributed by atoms with van der Waals surface area (Å²) in [5, 5.41) is 10.4. The molecule has 1 heterocycles. The lowest BCUT2D eigenvalue weighted by molar-refractivity contribution is 0.0691. The highest BCUT2D eigenvalue weighted by Gasteiger charge is 2.13. The first kappa shape index (κ1) is 14.0. The third-order valence-electron chi connectivity index (χ3n) is 1.58. The van der Waals surface area contributed by atoms with Crippen LogP contribution >= 0.6 is 11.3 Å². The van der Waals surface area contributed by atoms with Gasteiger partial charge in [-0.1, -0.05) is 0 Å². The summed E-state index contributed by atoms with van der Waals surface area (Å²) in [5.74, 6) is -1.13. The van der Waals surface area contributed by atoms with Crippen LogP contribution in [0.5, 0.6) is 0 Å².